The zero-order valence-electron chi connectivity index (χ0n) is 17.0. The first-order valence-corrected chi connectivity index (χ1v) is 10.3. The SMILES string of the molecule is CC.CCN=C(N)c1ccc2c(c1)Oc1c(O)cccc1C2C1CCNCC1. The predicted molar refractivity (Wildman–Crippen MR) is 115 cm³/mol. The molecule has 0 spiro atoms. The van der Waals surface area contributed by atoms with Crippen LogP contribution in [0, 0.1) is 5.92 Å². The lowest BCUT2D eigenvalue weighted by molar-refractivity contribution is 0.315. The minimum atomic E-state index is 0.188. The van der Waals surface area contributed by atoms with E-state index in [0.29, 0.717) is 24.0 Å². The van der Waals surface area contributed by atoms with Crippen molar-refractivity contribution in [3.63, 3.8) is 0 Å². The Morgan fingerprint density at radius 3 is 2.64 bits per heavy atom. The highest BCUT2D eigenvalue weighted by atomic mass is 16.5. The van der Waals surface area contributed by atoms with Crippen LogP contribution in [0.25, 0.3) is 0 Å². The van der Waals surface area contributed by atoms with Gasteiger partial charge in [-0.25, -0.2) is 0 Å². The summed E-state index contributed by atoms with van der Waals surface area (Å²) in [6, 6.07) is 11.7. The standard InChI is InChI=1S/C21H25N3O2.C2H6/c1-2-24-21(22)14-6-7-15-18(12-14)26-20-16(4-3-5-17(20)25)19(15)13-8-10-23-11-9-13;1-2/h3-7,12-13,19,23,25H,2,8-11H2,1H3,(H2,22,24);1-2H3. The second-order valence-electron chi connectivity index (χ2n) is 6.97. The van der Waals surface area contributed by atoms with Gasteiger partial charge in [0.1, 0.15) is 11.6 Å². The number of piperidine rings is 1. The number of aliphatic imine (C=N–C) groups is 1. The van der Waals surface area contributed by atoms with Crippen LogP contribution in [0.3, 0.4) is 0 Å². The highest BCUT2D eigenvalue weighted by Gasteiger charge is 2.35. The first-order chi connectivity index (χ1) is 13.7. The van der Waals surface area contributed by atoms with Crippen molar-refractivity contribution >= 4 is 5.84 Å². The van der Waals surface area contributed by atoms with Gasteiger partial charge >= 0.3 is 0 Å². The number of para-hydroxylation sites is 1. The summed E-state index contributed by atoms with van der Waals surface area (Å²) in [5.74, 6) is 2.79. The molecule has 0 aliphatic carbocycles. The van der Waals surface area contributed by atoms with Crippen LogP contribution in [0.2, 0.25) is 0 Å². The number of ether oxygens (including phenoxy) is 1. The zero-order valence-corrected chi connectivity index (χ0v) is 17.0. The van der Waals surface area contributed by atoms with Crippen LogP contribution in [0.4, 0.5) is 0 Å². The third kappa shape index (κ3) is 3.85. The number of nitrogens with two attached hydrogens (primary N) is 1. The summed E-state index contributed by atoms with van der Waals surface area (Å²) < 4.78 is 6.12. The summed E-state index contributed by atoms with van der Waals surface area (Å²) in [6.45, 7) is 8.66. The van der Waals surface area contributed by atoms with Crippen LogP contribution in [0.15, 0.2) is 41.4 Å². The maximum atomic E-state index is 10.4. The average Bonchev–Trinajstić information content (AvgIpc) is 2.74. The summed E-state index contributed by atoms with van der Waals surface area (Å²) in [5, 5.41) is 13.8. The van der Waals surface area contributed by atoms with Gasteiger partial charge in [-0.2, -0.15) is 0 Å². The molecule has 2 aromatic carbocycles. The lowest BCUT2D eigenvalue weighted by Gasteiger charge is -2.36. The molecule has 0 radical (unpaired) electrons. The molecule has 1 fully saturated rings. The molecule has 0 aromatic heterocycles. The molecule has 5 heteroatoms. The lowest BCUT2D eigenvalue weighted by Crippen LogP contribution is -2.32. The molecule has 0 saturated carbocycles. The summed E-state index contributed by atoms with van der Waals surface area (Å²) in [5.41, 5.74) is 9.18. The molecular formula is C23H31N3O2. The van der Waals surface area contributed by atoms with Gasteiger partial charge in [0.25, 0.3) is 0 Å². The molecule has 1 atom stereocenters. The Morgan fingerprint density at radius 2 is 1.93 bits per heavy atom. The number of benzene rings is 2. The van der Waals surface area contributed by atoms with Crippen molar-refractivity contribution in [2.24, 2.45) is 16.6 Å². The van der Waals surface area contributed by atoms with Crippen LogP contribution < -0.4 is 15.8 Å². The molecule has 1 saturated heterocycles. The molecule has 2 aliphatic rings. The van der Waals surface area contributed by atoms with E-state index in [-0.39, 0.29) is 11.7 Å². The van der Waals surface area contributed by atoms with E-state index in [4.69, 9.17) is 10.5 Å². The van der Waals surface area contributed by atoms with Crippen LogP contribution in [0.1, 0.15) is 56.2 Å². The molecule has 28 heavy (non-hydrogen) atoms. The third-order valence-corrected chi connectivity index (χ3v) is 5.40. The second-order valence-corrected chi connectivity index (χ2v) is 6.97. The van der Waals surface area contributed by atoms with Crippen LogP contribution in [-0.4, -0.2) is 30.6 Å². The van der Waals surface area contributed by atoms with E-state index in [0.717, 1.165) is 42.8 Å². The van der Waals surface area contributed by atoms with Gasteiger partial charge in [0.05, 0.1) is 0 Å². The van der Waals surface area contributed by atoms with Gasteiger partial charge in [0.2, 0.25) is 0 Å². The quantitative estimate of drug-likeness (QED) is 0.544. The summed E-state index contributed by atoms with van der Waals surface area (Å²) in [4.78, 5) is 4.30. The summed E-state index contributed by atoms with van der Waals surface area (Å²) in [7, 11) is 0. The maximum Gasteiger partial charge on any atom is 0.172 e. The molecule has 5 nitrogen and oxygen atoms in total. The molecule has 150 valence electrons. The van der Waals surface area contributed by atoms with Crippen molar-refractivity contribution in [1.29, 1.82) is 0 Å². The van der Waals surface area contributed by atoms with Gasteiger partial charge in [-0.15, -0.1) is 0 Å². The minimum absolute atomic E-state index is 0.188. The van der Waals surface area contributed by atoms with Gasteiger partial charge in [-0.05, 0) is 50.9 Å². The Morgan fingerprint density at radius 1 is 1.18 bits per heavy atom. The molecule has 1 unspecified atom stereocenters. The van der Waals surface area contributed by atoms with Gasteiger partial charge in [-0.3, -0.25) is 4.99 Å². The first kappa shape index (κ1) is 20.2. The average molecular weight is 382 g/mol. The molecule has 4 rings (SSSR count). The monoisotopic (exact) mass is 381 g/mol. The number of nitrogens with zero attached hydrogens (tertiary/aromatic N) is 1. The molecule has 4 N–H and O–H groups in total. The van der Waals surface area contributed by atoms with E-state index in [1.54, 1.807) is 6.07 Å². The van der Waals surface area contributed by atoms with Crippen LogP contribution >= 0.6 is 0 Å². The number of hydrogen-bond donors (Lipinski definition) is 3. The van der Waals surface area contributed by atoms with E-state index in [9.17, 15) is 5.11 Å². The van der Waals surface area contributed by atoms with E-state index in [2.05, 4.69) is 22.4 Å². The molecule has 0 bridgehead atoms. The second kappa shape index (κ2) is 9.11. The molecular weight excluding hydrogens is 350 g/mol. The van der Waals surface area contributed by atoms with Crippen molar-refractivity contribution in [3.8, 4) is 17.2 Å². The Bertz CT molecular complexity index is 842. The maximum absolute atomic E-state index is 10.4. The van der Waals surface area contributed by atoms with E-state index >= 15 is 0 Å². The van der Waals surface area contributed by atoms with E-state index in [1.165, 1.54) is 5.56 Å². The minimum Gasteiger partial charge on any atom is -0.504 e. The predicted octanol–water partition coefficient (Wildman–Crippen LogP) is 4.38. The fourth-order valence-electron chi connectivity index (χ4n) is 4.16. The van der Waals surface area contributed by atoms with Gasteiger partial charge in [0.15, 0.2) is 11.5 Å². The first-order valence-electron chi connectivity index (χ1n) is 10.3. The molecule has 2 heterocycles. The van der Waals surface area contributed by atoms with Crippen molar-refractivity contribution < 1.29 is 9.84 Å². The summed E-state index contributed by atoms with van der Waals surface area (Å²) in [6.07, 6.45) is 2.22. The fraction of sp³-hybridized carbons (Fsp3) is 0.435. The van der Waals surface area contributed by atoms with Crippen LogP contribution in [-0.2, 0) is 0 Å². The van der Waals surface area contributed by atoms with Crippen LogP contribution in [0.5, 0.6) is 17.2 Å². The molecule has 0 amide bonds. The van der Waals surface area contributed by atoms with E-state index < -0.39 is 0 Å². The fourth-order valence-corrected chi connectivity index (χ4v) is 4.16. The number of fused-ring (bicyclic) bond motifs is 2. The van der Waals surface area contributed by atoms with Gasteiger partial charge < -0.3 is 20.9 Å². The Balaban J connectivity index is 0.00000109. The third-order valence-electron chi connectivity index (χ3n) is 5.40. The number of phenolic OH excluding ortho intramolecular Hbond substituents is 1. The lowest BCUT2D eigenvalue weighted by atomic mass is 9.74. The zero-order chi connectivity index (χ0) is 20.1. The van der Waals surface area contributed by atoms with Crippen molar-refractivity contribution in [2.75, 3.05) is 19.6 Å². The molecule has 2 aliphatic heterocycles. The van der Waals surface area contributed by atoms with Gasteiger partial charge in [0, 0.05) is 29.2 Å². The number of amidine groups is 1. The number of hydrogen-bond acceptors (Lipinski definition) is 4. The number of phenols is 1. The van der Waals surface area contributed by atoms with Crippen molar-refractivity contribution in [3.05, 3.63) is 53.1 Å². The van der Waals surface area contributed by atoms with Crippen molar-refractivity contribution in [2.45, 2.75) is 39.5 Å². The largest absolute Gasteiger partial charge is 0.504 e. The Labute approximate surface area is 167 Å². The number of nitrogens with one attached hydrogen (secondary N) is 1. The van der Waals surface area contributed by atoms with E-state index in [1.807, 2.05) is 39.0 Å². The Kier molecular flexibility index (Phi) is 6.57. The summed E-state index contributed by atoms with van der Waals surface area (Å²) >= 11 is 0. The van der Waals surface area contributed by atoms with Crippen molar-refractivity contribution in [1.82, 2.24) is 5.32 Å². The smallest absolute Gasteiger partial charge is 0.172 e. The number of rotatable bonds is 3. The highest BCUT2D eigenvalue weighted by molar-refractivity contribution is 5.98. The topological polar surface area (TPSA) is 79.9 Å². The normalized spacial score (nSPS) is 19.0. The highest BCUT2D eigenvalue weighted by Crippen LogP contribution is 2.52. The molecule has 2 aromatic rings. The van der Waals surface area contributed by atoms with Gasteiger partial charge in [-0.1, -0.05) is 38.1 Å². The Hall–Kier alpha value is -2.53. The number of aromatic hydroxyl groups is 1.